The first kappa shape index (κ1) is 15.7. The highest BCUT2D eigenvalue weighted by molar-refractivity contribution is 5.64. The minimum Gasteiger partial charge on any atom is -0.328 e. The fourth-order valence-corrected chi connectivity index (χ4v) is 2.47. The first-order valence-electron chi connectivity index (χ1n) is 7.63. The van der Waals surface area contributed by atoms with Crippen LogP contribution >= 0.6 is 0 Å². The molecule has 0 aromatic heterocycles. The van der Waals surface area contributed by atoms with Crippen LogP contribution in [0.4, 0.5) is 0 Å². The molecule has 0 aliphatic carbocycles. The van der Waals surface area contributed by atoms with E-state index in [1.807, 2.05) is 0 Å². The fourth-order valence-electron chi connectivity index (χ4n) is 2.47. The lowest BCUT2D eigenvalue weighted by Gasteiger charge is -2.11. The summed E-state index contributed by atoms with van der Waals surface area (Å²) < 4.78 is 0. The summed E-state index contributed by atoms with van der Waals surface area (Å²) in [6.45, 7) is 3.03. The second kappa shape index (κ2) is 7.39. The van der Waals surface area contributed by atoms with Crippen molar-refractivity contribution in [1.29, 1.82) is 0 Å². The number of benzene rings is 2. The van der Waals surface area contributed by atoms with Crippen LogP contribution in [0.25, 0.3) is 11.1 Å². The summed E-state index contributed by atoms with van der Waals surface area (Å²) in [5.41, 5.74) is 11.1. The van der Waals surface area contributed by atoms with Crippen molar-refractivity contribution < 1.29 is 0 Å². The molecule has 0 saturated heterocycles. The lowest BCUT2D eigenvalue weighted by Crippen LogP contribution is -2.15. The molecule has 2 heteroatoms. The van der Waals surface area contributed by atoms with Crippen LogP contribution in [0.5, 0.6) is 0 Å². The number of rotatable bonds is 6. The average molecular weight is 282 g/mol. The van der Waals surface area contributed by atoms with Crippen molar-refractivity contribution in [3.63, 3.8) is 0 Å². The molecule has 0 fully saturated rings. The van der Waals surface area contributed by atoms with Gasteiger partial charge in [0.05, 0.1) is 0 Å². The number of hydrogen-bond donors (Lipinski definition) is 1. The Labute approximate surface area is 128 Å². The third-order valence-electron chi connectivity index (χ3n) is 3.60. The van der Waals surface area contributed by atoms with E-state index < -0.39 is 0 Å². The van der Waals surface area contributed by atoms with E-state index in [-0.39, 0.29) is 6.04 Å². The monoisotopic (exact) mass is 282 g/mol. The van der Waals surface area contributed by atoms with Crippen LogP contribution in [0.3, 0.4) is 0 Å². The van der Waals surface area contributed by atoms with Crippen molar-refractivity contribution in [2.24, 2.45) is 5.73 Å². The normalized spacial score (nSPS) is 12.6. The van der Waals surface area contributed by atoms with E-state index in [0.717, 1.165) is 19.4 Å². The van der Waals surface area contributed by atoms with Crippen molar-refractivity contribution in [2.75, 3.05) is 14.1 Å². The lowest BCUT2D eigenvalue weighted by molar-refractivity contribution is 0.402. The number of hydrogen-bond acceptors (Lipinski definition) is 2. The van der Waals surface area contributed by atoms with Crippen LogP contribution in [0.2, 0.25) is 0 Å². The van der Waals surface area contributed by atoms with Gasteiger partial charge in [0.15, 0.2) is 0 Å². The second-order valence-corrected chi connectivity index (χ2v) is 6.15. The smallest absolute Gasteiger partial charge is 0.0227 e. The predicted octanol–water partition coefficient (Wildman–Crippen LogP) is 3.70. The van der Waals surface area contributed by atoms with Gasteiger partial charge in [0.25, 0.3) is 0 Å². The van der Waals surface area contributed by atoms with E-state index in [4.69, 9.17) is 5.73 Å². The van der Waals surface area contributed by atoms with Crippen LogP contribution in [-0.4, -0.2) is 25.0 Å². The molecule has 1 atom stereocenters. The van der Waals surface area contributed by atoms with Crippen LogP contribution in [-0.2, 0) is 13.0 Å². The molecule has 0 spiro atoms. The summed E-state index contributed by atoms with van der Waals surface area (Å²) in [5.74, 6) is 0. The third kappa shape index (κ3) is 5.00. The Hall–Kier alpha value is -1.64. The van der Waals surface area contributed by atoms with Crippen LogP contribution in [0, 0.1) is 0 Å². The highest BCUT2D eigenvalue weighted by Gasteiger charge is 2.02. The molecule has 21 heavy (non-hydrogen) atoms. The SMILES string of the molecule is CC(N)CCc1ccc(-c2cccc(CN(C)C)c2)cc1. The Morgan fingerprint density at radius 1 is 0.952 bits per heavy atom. The highest BCUT2D eigenvalue weighted by atomic mass is 15.0. The van der Waals surface area contributed by atoms with Gasteiger partial charge < -0.3 is 10.6 Å². The van der Waals surface area contributed by atoms with Gasteiger partial charge in [-0.05, 0) is 62.2 Å². The van der Waals surface area contributed by atoms with E-state index in [2.05, 4.69) is 74.4 Å². The topological polar surface area (TPSA) is 29.3 Å². The summed E-state index contributed by atoms with van der Waals surface area (Å²) in [5, 5.41) is 0. The average Bonchev–Trinajstić information content (AvgIpc) is 2.45. The first-order valence-corrected chi connectivity index (χ1v) is 7.63. The Bertz CT molecular complexity index is 556. The molecule has 2 nitrogen and oxygen atoms in total. The minimum absolute atomic E-state index is 0.271. The van der Waals surface area contributed by atoms with Gasteiger partial charge in [-0.1, -0.05) is 42.5 Å². The number of aryl methyl sites for hydroxylation is 1. The van der Waals surface area contributed by atoms with Gasteiger partial charge in [-0.3, -0.25) is 0 Å². The Balaban J connectivity index is 2.11. The van der Waals surface area contributed by atoms with E-state index >= 15 is 0 Å². The molecule has 2 rings (SSSR count). The standard InChI is InChI=1S/C19H26N2/c1-15(20)7-8-16-9-11-18(12-10-16)19-6-4-5-17(13-19)14-21(2)3/h4-6,9-13,15H,7-8,14,20H2,1-3H3. The van der Waals surface area contributed by atoms with Gasteiger partial charge in [-0.15, -0.1) is 0 Å². The molecule has 0 radical (unpaired) electrons. The Morgan fingerprint density at radius 2 is 1.67 bits per heavy atom. The van der Waals surface area contributed by atoms with Crippen molar-refractivity contribution in [3.8, 4) is 11.1 Å². The van der Waals surface area contributed by atoms with Gasteiger partial charge in [0, 0.05) is 12.6 Å². The number of nitrogens with two attached hydrogens (primary N) is 1. The zero-order valence-corrected chi connectivity index (χ0v) is 13.3. The fraction of sp³-hybridized carbons (Fsp3) is 0.368. The zero-order valence-electron chi connectivity index (χ0n) is 13.3. The predicted molar refractivity (Wildman–Crippen MR) is 91.2 cm³/mol. The van der Waals surface area contributed by atoms with Gasteiger partial charge in [0.2, 0.25) is 0 Å². The zero-order chi connectivity index (χ0) is 15.2. The molecule has 0 aliphatic heterocycles. The summed E-state index contributed by atoms with van der Waals surface area (Å²) in [6.07, 6.45) is 2.09. The summed E-state index contributed by atoms with van der Waals surface area (Å²) in [4.78, 5) is 2.19. The minimum atomic E-state index is 0.271. The molecule has 0 bridgehead atoms. The van der Waals surface area contributed by atoms with E-state index in [0.29, 0.717) is 0 Å². The summed E-state index contributed by atoms with van der Waals surface area (Å²) in [6, 6.07) is 17.9. The largest absolute Gasteiger partial charge is 0.328 e. The first-order chi connectivity index (χ1) is 10.0. The van der Waals surface area contributed by atoms with Crippen LogP contribution in [0.1, 0.15) is 24.5 Å². The molecular formula is C19H26N2. The maximum absolute atomic E-state index is 5.81. The van der Waals surface area contributed by atoms with Crippen LogP contribution in [0.15, 0.2) is 48.5 Å². The van der Waals surface area contributed by atoms with Crippen molar-refractivity contribution in [2.45, 2.75) is 32.4 Å². The van der Waals surface area contributed by atoms with Gasteiger partial charge >= 0.3 is 0 Å². The quantitative estimate of drug-likeness (QED) is 0.875. The van der Waals surface area contributed by atoms with Gasteiger partial charge in [-0.2, -0.15) is 0 Å². The van der Waals surface area contributed by atoms with E-state index in [1.165, 1.54) is 22.3 Å². The third-order valence-corrected chi connectivity index (χ3v) is 3.60. The maximum atomic E-state index is 5.81. The van der Waals surface area contributed by atoms with Crippen molar-refractivity contribution >= 4 is 0 Å². The van der Waals surface area contributed by atoms with Crippen molar-refractivity contribution in [3.05, 3.63) is 59.7 Å². The summed E-state index contributed by atoms with van der Waals surface area (Å²) in [7, 11) is 4.19. The molecule has 0 amide bonds. The van der Waals surface area contributed by atoms with E-state index in [9.17, 15) is 0 Å². The molecule has 2 aromatic rings. The lowest BCUT2D eigenvalue weighted by atomic mass is 9.99. The van der Waals surface area contributed by atoms with Gasteiger partial charge in [0.1, 0.15) is 0 Å². The number of nitrogens with zero attached hydrogens (tertiary/aromatic N) is 1. The van der Waals surface area contributed by atoms with Crippen LogP contribution < -0.4 is 5.73 Å². The molecule has 0 heterocycles. The molecule has 1 unspecified atom stereocenters. The Morgan fingerprint density at radius 3 is 2.29 bits per heavy atom. The molecule has 0 aliphatic rings. The molecule has 2 N–H and O–H groups in total. The molecule has 112 valence electrons. The second-order valence-electron chi connectivity index (χ2n) is 6.15. The van der Waals surface area contributed by atoms with Crippen molar-refractivity contribution in [1.82, 2.24) is 4.90 Å². The maximum Gasteiger partial charge on any atom is 0.0227 e. The molecule has 2 aromatic carbocycles. The molecular weight excluding hydrogens is 256 g/mol. The Kier molecular flexibility index (Phi) is 5.54. The summed E-state index contributed by atoms with van der Waals surface area (Å²) >= 11 is 0. The van der Waals surface area contributed by atoms with E-state index in [1.54, 1.807) is 0 Å². The molecule has 0 saturated carbocycles. The van der Waals surface area contributed by atoms with Gasteiger partial charge in [-0.25, -0.2) is 0 Å². The highest BCUT2D eigenvalue weighted by Crippen LogP contribution is 2.22.